The maximum atomic E-state index is 10.6. The van der Waals surface area contributed by atoms with Crippen molar-refractivity contribution in [3.8, 4) is 17.6 Å². The Labute approximate surface area is 184 Å². The van der Waals surface area contributed by atoms with Gasteiger partial charge in [0.1, 0.15) is 28.8 Å². The zero-order chi connectivity index (χ0) is 22.4. The summed E-state index contributed by atoms with van der Waals surface area (Å²) in [7, 11) is 1.59. The quantitative estimate of drug-likeness (QED) is 0.372. The lowest BCUT2D eigenvalue weighted by Crippen LogP contribution is -2.18. The largest absolute Gasteiger partial charge is 0.489 e. The Hall–Kier alpha value is -3.32. The molecule has 0 saturated heterocycles. The number of hydrogen-bond donors (Lipinski definition) is 3. The fourth-order valence-corrected chi connectivity index (χ4v) is 2.65. The zero-order valence-electron chi connectivity index (χ0n) is 17.3. The number of anilines is 3. The summed E-state index contributed by atoms with van der Waals surface area (Å²) >= 11 is 6.18. The zero-order valence-corrected chi connectivity index (χ0v) is 18.0. The van der Waals surface area contributed by atoms with Gasteiger partial charge in [0.15, 0.2) is 11.4 Å². The number of halogens is 1. The van der Waals surface area contributed by atoms with Gasteiger partial charge in [0.25, 0.3) is 0 Å². The highest BCUT2D eigenvalue weighted by Gasteiger charge is 2.24. The fraction of sp³-hybridized carbons (Fsp3) is 0.286. The molecule has 2 heterocycles. The summed E-state index contributed by atoms with van der Waals surface area (Å²) in [4.78, 5) is 7.96. The van der Waals surface area contributed by atoms with Gasteiger partial charge in [-0.15, -0.1) is 0 Å². The van der Waals surface area contributed by atoms with Crippen LogP contribution in [0.4, 0.5) is 17.5 Å². The molecule has 0 unspecified atom stereocenters. The predicted molar refractivity (Wildman–Crippen MR) is 116 cm³/mol. The van der Waals surface area contributed by atoms with E-state index in [1.54, 1.807) is 45.2 Å². The van der Waals surface area contributed by atoms with Gasteiger partial charge < -0.3 is 30.2 Å². The summed E-state index contributed by atoms with van der Waals surface area (Å²) in [6.45, 7) is 4.05. The van der Waals surface area contributed by atoms with E-state index in [0.29, 0.717) is 47.5 Å². The molecule has 9 nitrogen and oxygen atoms in total. The van der Waals surface area contributed by atoms with E-state index in [9.17, 15) is 5.11 Å². The van der Waals surface area contributed by atoms with Gasteiger partial charge in [-0.05, 0) is 32.0 Å². The van der Waals surface area contributed by atoms with Crippen LogP contribution in [0.25, 0.3) is 0 Å². The molecule has 3 rings (SSSR count). The summed E-state index contributed by atoms with van der Waals surface area (Å²) in [5.41, 5.74) is 5.68. The van der Waals surface area contributed by atoms with Gasteiger partial charge in [-0.25, -0.2) is 4.98 Å². The molecule has 0 aliphatic carbocycles. The van der Waals surface area contributed by atoms with Crippen molar-refractivity contribution < 1.29 is 19.1 Å². The van der Waals surface area contributed by atoms with Crippen molar-refractivity contribution in [3.63, 3.8) is 0 Å². The Kier molecular flexibility index (Phi) is 6.97. The Morgan fingerprint density at radius 3 is 2.84 bits per heavy atom. The Bertz CT molecular complexity index is 1120. The molecule has 162 valence electrons. The maximum absolute atomic E-state index is 10.6. The lowest BCUT2D eigenvalue weighted by atomic mass is 10.0. The number of aliphatic hydroxyl groups is 1. The van der Waals surface area contributed by atoms with Crippen LogP contribution in [-0.4, -0.2) is 40.6 Å². The first-order valence-electron chi connectivity index (χ1n) is 9.28. The van der Waals surface area contributed by atoms with Crippen molar-refractivity contribution in [2.45, 2.75) is 19.4 Å². The first-order valence-corrected chi connectivity index (χ1v) is 9.66. The topological polar surface area (TPSA) is 129 Å². The van der Waals surface area contributed by atoms with Crippen molar-refractivity contribution in [3.05, 3.63) is 52.5 Å². The van der Waals surface area contributed by atoms with Gasteiger partial charge in [0.2, 0.25) is 5.95 Å². The summed E-state index contributed by atoms with van der Waals surface area (Å²) in [5.74, 6) is 7.27. The third-order valence-corrected chi connectivity index (χ3v) is 4.39. The summed E-state index contributed by atoms with van der Waals surface area (Å²) < 4.78 is 15.8. The number of nitrogens with one attached hydrogen (secondary N) is 1. The minimum atomic E-state index is -1.48. The van der Waals surface area contributed by atoms with E-state index >= 15 is 0 Å². The molecular weight excluding hydrogens is 422 g/mol. The number of aromatic nitrogens is 3. The Morgan fingerprint density at radius 1 is 1.32 bits per heavy atom. The first kappa shape index (κ1) is 22.4. The molecule has 1 atom stereocenters. The smallest absolute Gasteiger partial charge is 0.222 e. The van der Waals surface area contributed by atoms with Gasteiger partial charge in [-0.3, -0.25) is 0 Å². The molecule has 0 bridgehead atoms. The average molecular weight is 444 g/mol. The van der Waals surface area contributed by atoms with E-state index in [4.69, 9.17) is 31.3 Å². The number of benzene rings is 1. The van der Waals surface area contributed by atoms with Crippen molar-refractivity contribution in [2.24, 2.45) is 0 Å². The molecule has 0 radical (unpaired) electrons. The van der Waals surface area contributed by atoms with Crippen LogP contribution in [-0.2, 0) is 10.3 Å². The number of rotatable bonds is 7. The second-order valence-electron chi connectivity index (χ2n) is 6.75. The van der Waals surface area contributed by atoms with Crippen molar-refractivity contribution in [1.29, 1.82) is 0 Å². The van der Waals surface area contributed by atoms with E-state index in [-0.39, 0.29) is 11.0 Å². The standard InChI is InChI=1S/C21H22ClN5O4/c1-13-10-18(27-31-13)21(2,28)7-6-14-4-5-17(30-9-8-29-3)16(11-14)25-19-15(22)12-24-20(23)26-19/h4-5,10-12,28H,8-9H2,1-3H3,(H3,23,24,25,26)/t21-/m0/s1. The fourth-order valence-electron chi connectivity index (χ4n) is 2.52. The van der Waals surface area contributed by atoms with Crippen LogP contribution in [0.2, 0.25) is 5.02 Å². The molecule has 0 saturated carbocycles. The molecule has 3 aromatic rings. The SMILES string of the molecule is COCCOc1ccc(C#C[C@](C)(O)c2cc(C)on2)cc1Nc1nc(N)ncc1Cl. The van der Waals surface area contributed by atoms with E-state index < -0.39 is 5.60 Å². The second-order valence-corrected chi connectivity index (χ2v) is 7.15. The number of nitrogens with zero attached hydrogens (tertiary/aromatic N) is 3. The summed E-state index contributed by atoms with van der Waals surface area (Å²) in [5, 5.41) is 17.9. The number of methoxy groups -OCH3 is 1. The van der Waals surface area contributed by atoms with Gasteiger partial charge >= 0.3 is 0 Å². The van der Waals surface area contributed by atoms with Crippen LogP contribution in [0.15, 0.2) is 35.0 Å². The molecule has 10 heteroatoms. The first-order chi connectivity index (χ1) is 14.8. The Morgan fingerprint density at radius 2 is 2.13 bits per heavy atom. The normalized spacial score (nSPS) is 12.5. The molecule has 0 amide bonds. The van der Waals surface area contributed by atoms with Crippen LogP contribution < -0.4 is 15.8 Å². The molecule has 1 aromatic carbocycles. The summed E-state index contributed by atoms with van der Waals surface area (Å²) in [6.07, 6.45) is 1.40. The van der Waals surface area contributed by atoms with Gasteiger partial charge in [0, 0.05) is 18.7 Å². The molecule has 4 N–H and O–H groups in total. The van der Waals surface area contributed by atoms with E-state index in [2.05, 4.69) is 32.3 Å². The Balaban J connectivity index is 1.92. The van der Waals surface area contributed by atoms with Crippen molar-refractivity contribution in [2.75, 3.05) is 31.4 Å². The second kappa shape index (κ2) is 9.66. The van der Waals surface area contributed by atoms with Crippen LogP contribution in [0.3, 0.4) is 0 Å². The molecule has 0 spiro atoms. The number of hydrogen-bond acceptors (Lipinski definition) is 9. The third kappa shape index (κ3) is 5.86. The van der Waals surface area contributed by atoms with E-state index in [0.717, 1.165) is 0 Å². The van der Waals surface area contributed by atoms with E-state index in [1.807, 2.05) is 0 Å². The summed E-state index contributed by atoms with van der Waals surface area (Å²) in [6, 6.07) is 6.89. The lowest BCUT2D eigenvalue weighted by molar-refractivity contribution is 0.112. The molecule has 0 aliphatic heterocycles. The monoisotopic (exact) mass is 443 g/mol. The molecule has 31 heavy (non-hydrogen) atoms. The van der Waals surface area contributed by atoms with Crippen LogP contribution in [0, 0.1) is 18.8 Å². The molecule has 0 fully saturated rings. The minimum Gasteiger partial charge on any atom is -0.489 e. The molecular formula is C21H22ClN5O4. The van der Waals surface area contributed by atoms with Crippen molar-refractivity contribution >= 4 is 29.1 Å². The van der Waals surface area contributed by atoms with Crippen LogP contribution in [0.1, 0.15) is 23.9 Å². The van der Waals surface area contributed by atoms with Gasteiger partial charge in [-0.1, -0.05) is 28.6 Å². The maximum Gasteiger partial charge on any atom is 0.222 e. The number of aryl methyl sites for hydroxylation is 1. The van der Waals surface area contributed by atoms with Crippen LogP contribution in [0.5, 0.6) is 5.75 Å². The van der Waals surface area contributed by atoms with Crippen LogP contribution >= 0.6 is 11.6 Å². The molecule has 0 aliphatic rings. The van der Waals surface area contributed by atoms with Gasteiger partial charge in [-0.2, -0.15) is 4.98 Å². The number of ether oxygens (including phenoxy) is 2. The van der Waals surface area contributed by atoms with E-state index in [1.165, 1.54) is 6.20 Å². The highest BCUT2D eigenvalue weighted by Crippen LogP contribution is 2.31. The number of nitrogen functional groups attached to an aromatic ring is 1. The third-order valence-electron chi connectivity index (χ3n) is 4.12. The van der Waals surface area contributed by atoms with Crippen molar-refractivity contribution in [1.82, 2.24) is 15.1 Å². The number of nitrogens with two attached hydrogens (primary N) is 1. The lowest BCUT2D eigenvalue weighted by Gasteiger charge is -2.14. The highest BCUT2D eigenvalue weighted by atomic mass is 35.5. The molecule has 2 aromatic heterocycles. The highest BCUT2D eigenvalue weighted by molar-refractivity contribution is 6.32. The predicted octanol–water partition coefficient (Wildman–Crippen LogP) is 3.04. The van der Waals surface area contributed by atoms with Gasteiger partial charge in [0.05, 0.1) is 18.5 Å². The minimum absolute atomic E-state index is 0.0728. The average Bonchev–Trinajstić information content (AvgIpc) is 3.18.